The molecule has 1 fully saturated rings. The van der Waals surface area contributed by atoms with Gasteiger partial charge in [-0.05, 0) is 36.9 Å². The summed E-state index contributed by atoms with van der Waals surface area (Å²) in [7, 11) is 3.51. The van der Waals surface area contributed by atoms with E-state index in [2.05, 4.69) is 5.32 Å². The van der Waals surface area contributed by atoms with Gasteiger partial charge in [-0.15, -0.1) is 0 Å². The number of amides is 1. The van der Waals surface area contributed by atoms with Crippen LogP contribution in [0.5, 0.6) is 11.5 Å². The van der Waals surface area contributed by atoms with Gasteiger partial charge >= 0.3 is 0 Å². The SMILES string of the molecule is COc1ccc(CN(C)[C@@H]2[C@@H](O)[C@H](Oc3cccc(F)c3)C[C@H]2NC(=O)CCN)cc1. The van der Waals surface area contributed by atoms with Crippen molar-refractivity contribution in [3.63, 3.8) is 0 Å². The van der Waals surface area contributed by atoms with Crippen molar-refractivity contribution in [3.05, 3.63) is 59.9 Å². The van der Waals surface area contributed by atoms with Gasteiger partial charge in [0.1, 0.15) is 29.5 Å². The van der Waals surface area contributed by atoms with Gasteiger partial charge in [-0.3, -0.25) is 9.69 Å². The van der Waals surface area contributed by atoms with Gasteiger partial charge in [0.05, 0.1) is 19.2 Å². The van der Waals surface area contributed by atoms with Crippen molar-refractivity contribution in [1.82, 2.24) is 10.2 Å². The Kier molecular flexibility index (Phi) is 7.84. The number of likely N-dealkylation sites (N-methyl/N-ethyl adjacent to an activating group) is 1. The highest BCUT2D eigenvalue weighted by atomic mass is 19.1. The molecule has 1 saturated carbocycles. The van der Waals surface area contributed by atoms with E-state index in [1.54, 1.807) is 19.2 Å². The number of benzene rings is 2. The van der Waals surface area contributed by atoms with Crippen molar-refractivity contribution in [2.45, 2.75) is 43.7 Å². The Hall–Kier alpha value is -2.68. The quantitative estimate of drug-likeness (QED) is 0.559. The summed E-state index contributed by atoms with van der Waals surface area (Å²) in [6.07, 6.45) is -0.870. The minimum atomic E-state index is -0.880. The lowest BCUT2D eigenvalue weighted by Gasteiger charge is -2.32. The molecule has 0 radical (unpaired) electrons. The third-order valence-electron chi connectivity index (χ3n) is 5.53. The molecule has 1 aliphatic carbocycles. The first-order chi connectivity index (χ1) is 14.9. The molecule has 0 unspecified atom stereocenters. The molecule has 0 aromatic heterocycles. The van der Waals surface area contributed by atoms with Crippen LogP contribution in [0.4, 0.5) is 4.39 Å². The maximum Gasteiger partial charge on any atom is 0.221 e. The van der Waals surface area contributed by atoms with E-state index in [9.17, 15) is 14.3 Å². The predicted molar refractivity (Wildman–Crippen MR) is 115 cm³/mol. The first-order valence-corrected chi connectivity index (χ1v) is 10.3. The van der Waals surface area contributed by atoms with E-state index in [4.69, 9.17) is 15.2 Å². The van der Waals surface area contributed by atoms with Gasteiger partial charge in [-0.1, -0.05) is 18.2 Å². The number of aliphatic hydroxyl groups is 1. The van der Waals surface area contributed by atoms with Crippen molar-refractivity contribution in [2.24, 2.45) is 5.73 Å². The number of halogens is 1. The molecule has 31 heavy (non-hydrogen) atoms. The summed E-state index contributed by atoms with van der Waals surface area (Å²) in [6.45, 7) is 0.804. The van der Waals surface area contributed by atoms with E-state index < -0.39 is 18.0 Å². The Labute approximate surface area is 181 Å². The number of carbonyl (C=O) groups is 1. The Morgan fingerprint density at radius 3 is 2.65 bits per heavy atom. The standard InChI is InChI=1S/C23H30FN3O4/c1-27(14-15-6-8-17(30-2)9-7-15)22-19(26-21(28)10-11-25)13-20(23(22)29)31-18-5-3-4-16(24)12-18/h3-9,12,19-20,22-23,29H,10-11,13-14,25H2,1-2H3,(H,26,28)/t19-,20-,22+,23+/m1/s1. The smallest absolute Gasteiger partial charge is 0.221 e. The lowest BCUT2D eigenvalue weighted by Crippen LogP contribution is -2.52. The van der Waals surface area contributed by atoms with Crippen molar-refractivity contribution in [1.29, 1.82) is 0 Å². The summed E-state index contributed by atoms with van der Waals surface area (Å²) >= 11 is 0. The number of carbonyl (C=O) groups excluding carboxylic acids is 1. The van der Waals surface area contributed by atoms with Crippen molar-refractivity contribution < 1.29 is 23.8 Å². The molecule has 1 aliphatic rings. The zero-order valence-corrected chi connectivity index (χ0v) is 17.8. The molecule has 2 aromatic carbocycles. The summed E-state index contributed by atoms with van der Waals surface area (Å²) in [6, 6.07) is 12.8. The van der Waals surface area contributed by atoms with E-state index in [0.29, 0.717) is 18.7 Å². The lowest BCUT2D eigenvalue weighted by molar-refractivity contribution is -0.122. The second-order valence-electron chi connectivity index (χ2n) is 7.81. The monoisotopic (exact) mass is 431 g/mol. The van der Waals surface area contributed by atoms with Crippen molar-refractivity contribution in [2.75, 3.05) is 20.7 Å². The first-order valence-electron chi connectivity index (χ1n) is 10.3. The van der Waals surface area contributed by atoms with E-state index in [-0.39, 0.29) is 31.0 Å². The average molecular weight is 432 g/mol. The largest absolute Gasteiger partial charge is 0.497 e. The minimum Gasteiger partial charge on any atom is -0.497 e. The van der Waals surface area contributed by atoms with Crippen LogP contribution in [0.2, 0.25) is 0 Å². The fraction of sp³-hybridized carbons (Fsp3) is 0.435. The number of ether oxygens (including phenoxy) is 2. The predicted octanol–water partition coefficient (Wildman–Crippen LogP) is 1.68. The molecule has 168 valence electrons. The summed E-state index contributed by atoms with van der Waals surface area (Å²) in [5.74, 6) is 0.525. The van der Waals surface area contributed by atoms with Gasteiger partial charge in [0.25, 0.3) is 0 Å². The zero-order chi connectivity index (χ0) is 22.4. The normalized spacial score (nSPS) is 23.0. The van der Waals surface area contributed by atoms with Gasteiger partial charge in [0, 0.05) is 32.0 Å². The molecule has 1 amide bonds. The molecule has 4 N–H and O–H groups in total. The minimum absolute atomic E-state index is 0.172. The molecular weight excluding hydrogens is 401 g/mol. The van der Waals surface area contributed by atoms with Gasteiger partial charge in [-0.25, -0.2) is 4.39 Å². The van der Waals surface area contributed by atoms with Gasteiger partial charge < -0.3 is 25.6 Å². The second kappa shape index (κ2) is 10.6. The number of nitrogens with zero attached hydrogens (tertiary/aromatic N) is 1. The van der Waals surface area contributed by atoms with Crippen LogP contribution >= 0.6 is 0 Å². The van der Waals surface area contributed by atoms with Gasteiger partial charge in [0.15, 0.2) is 0 Å². The summed E-state index contributed by atoms with van der Waals surface area (Å²) < 4.78 is 24.6. The van der Waals surface area contributed by atoms with Gasteiger partial charge in [-0.2, -0.15) is 0 Å². The highest BCUT2D eigenvalue weighted by molar-refractivity contribution is 5.76. The third-order valence-corrected chi connectivity index (χ3v) is 5.53. The molecule has 0 saturated heterocycles. The number of aliphatic hydroxyl groups excluding tert-OH is 1. The number of hydrogen-bond acceptors (Lipinski definition) is 6. The summed E-state index contributed by atoms with van der Waals surface area (Å²) in [5, 5.41) is 14.0. The van der Waals surface area contributed by atoms with Crippen LogP contribution < -0.4 is 20.5 Å². The Balaban J connectivity index is 1.76. The summed E-state index contributed by atoms with van der Waals surface area (Å²) in [5.41, 5.74) is 6.54. The van der Waals surface area contributed by atoms with Crippen LogP contribution in [0.1, 0.15) is 18.4 Å². The van der Waals surface area contributed by atoms with Crippen LogP contribution in [0.3, 0.4) is 0 Å². The topological polar surface area (TPSA) is 97.0 Å². The maximum atomic E-state index is 13.5. The first kappa shape index (κ1) is 23.0. The second-order valence-corrected chi connectivity index (χ2v) is 7.81. The van der Waals surface area contributed by atoms with Crippen molar-refractivity contribution >= 4 is 5.91 Å². The molecule has 7 nitrogen and oxygen atoms in total. The highest BCUT2D eigenvalue weighted by Crippen LogP contribution is 2.30. The zero-order valence-electron chi connectivity index (χ0n) is 17.8. The molecule has 8 heteroatoms. The molecule has 4 atom stereocenters. The molecule has 0 heterocycles. The van der Waals surface area contributed by atoms with Crippen LogP contribution in [0.15, 0.2) is 48.5 Å². The van der Waals surface area contributed by atoms with E-state index in [1.165, 1.54) is 12.1 Å². The Morgan fingerprint density at radius 1 is 1.26 bits per heavy atom. The van der Waals surface area contributed by atoms with Crippen molar-refractivity contribution in [3.8, 4) is 11.5 Å². The van der Waals surface area contributed by atoms with Gasteiger partial charge in [0.2, 0.25) is 5.91 Å². The highest BCUT2D eigenvalue weighted by Gasteiger charge is 2.46. The molecule has 0 aliphatic heterocycles. The lowest BCUT2D eigenvalue weighted by atomic mass is 10.1. The van der Waals surface area contributed by atoms with Crippen LogP contribution in [-0.4, -0.2) is 60.9 Å². The van der Waals surface area contributed by atoms with Crippen LogP contribution in [0.25, 0.3) is 0 Å². The maximum absolute atomic E-state index is 13.5. The number of nitrogens with one attached hydrogen (secondary N) is 1. The fourth-order valence-electron chi connectivity index (χ4n) is 4.07. The number of methoxy groups -OCH3 is 1. The van der Waals surface area contributed by atoms with Crippen LogP contribution in [-0.2, 0) is 11.3 Å². The molecule has 3 rings (SSSR count). The number of nitrogens with two attached hydrogens (primary N) is 1. The number of hydrogen-bond donors (Lipinski definition) is 3. The summed E-state index contributed by atoms with van der Waals surface area (Å²) in [4.78, 5) is 14.2. The van der Waals surface area contributed by atoms with E-state index >= 15 is 0 Å². The third kappa shape index (κ3) is 5.94. The molecule has 2 aromatic rings. The average Bonchev–Trinajstić information content (AvgIpc) is 3.03. The Bertz CT molecular complexity index is 864. The molecular formula is C23H30FN3O4. The van der Waals surface area contributed by atoms with Crippen LogP contribution in [0, 0.1) is 5.82 Å². The van der Waals surface area contributed by atoms with E-state index in [0.717, 1.165) is 11.3 Å². The van der Waals surface area contributed by atoms with E-state index in [1.807, 2.05) is 36.2 Å². The number of rotatable bonds is 9. The Morgan fingerprint density at radius 2 is 2.00 bits per heavy atom. The fourth-order valence-corrected chi connectivity index (χ4v) is 4.07. The molecule has 0 bridgehead atoms. The molecule has 0 spiro atoms.